The number of ether oxygens (including phenoxy) is 2. The summed E-state index contributed by atoms with van der Waals surface area (Å²) in [5.41, 5.74) is 0.751. The number of benzene rings is 2. The Morgan fingerprint density at radius 2 is 2.00 bits per heavy atom. The summed E-state index contributed by atoms with van der Waals surface area (Å²) in [6.07, 6.45) is 0. The number of rotatable bonds is 4. The van der Waals surface area contributed by atoms with E-state index in [0.29, 0.717) is 15.6 Å². The Labute approximate surface area is 131 Å². The van der Waals surface area contributed by atoms with Gasteiger partial charge in [0.15, 0.2) is 11.5 Å². The van der Waals surface area contributed by atoms with E-state index < -0.39 is 5.97 Å². The predicted octanol–water partition coefficient (Wildman–Crippen LogP) is 4.06. The molecule has 0 aliphatic carbocycles. The molecule has 0 aliphatic rings. The summed E-state index contributed by atoms with van der Waals surface area (Å²) >= 11 is 11.9. The van der Waals surface area contributed by atoms with Gasteiger partial charge < -0.3 is 14.6 Å². The monoisotopic (exact) mass is 326 g/mol. The van der Waals surface area contributed by atoms with Gasteiger partial charge in [-0.25, -0.2) is 4.79 Å². The van der Waals surface area contributed by atoms with Crippen molar-refractivity contribution in [1.82, 2.24) is 0 Å². The largest absolute Gasteiger partial charge is 0.504 e. The summed E-state index contributed by atoms with van der Waals surface area (Å²) < 4.78 is 10.1. The summed E-state index contributed by atoms with van der Waals surface area (Å²) in [5.74, 6) is -0.735. The molecule has 0 spiro atoms. The quantitative estimate of drug-likeness (QED) is 0.860. The molecule has 0 unspecified atom stereocenters. The van der Waals surface area contributed by atoms with Gasteiger partial charge in [0.2, 0.25) is 0 Å². The van der Waals surface area contributed by atoms with Gasteiger partial charge >= 0.3 is 5.97 Å². The van der Waals surface area contributed by atoms with Crippen LogP contribution in [0.1, 0.15) is 15.9 Å². The van der Waals surface area contributed by atoms with Gasteiger partial charge in [-0.05, 0) is 24.3 Å². The fourth-order valence-corrected chi connectivity index (χ4v) is 2.17. The molecule has 0 heterocycles. The van der Waals surface area contributed by atoms with Crippen LogP contribution in [0.5, 0.6) is 11.5 Å². The van der Waals surface area contributed by atoms with Gasteiger partial charge in [0, 0.05) is 15.6 Å². The molecule has 0 saturated carbocycles. The number of para-hydroxylation sites is 1. The van der Waals surface area contributed by atoms with Crippen molar-refractivity contribution in [3.63, 3.8) is 0 Å². The van der Waals surface area contributed by atoms with E-state index in [9.17, 15) is 9.90 Å². The van der Waals surface area contributed by atoms with Gasteiger partial charge in [-0.1, -0.05) is 35.3 Å². The Morgan fingerprint density at radius 3 is 2.67 bits per heavy atom. The third-order valence-corrected chi connectivity index (χ3v) is 3.39. The normalized spacial score (nSPS) is 10.2. The third kappa shape index (κ3) is 3.60. The van der Waals surface area contributed by atoms with E-state index >= 15 is 0 Å². The van der Waals surface area contributed by atoms with Crippen molar-refractivity contribution in [2.24, 2.45) is 0 Å². The number of carbonyl (C=O) groups is 1. The second-order valence-electron chi connectivity index (χ2n) is 4.17. The van der Waals surface area contributed by atoms with Crippen LogP contribution in [0.3, 0.4) is 0 Å². The third-order valence-electron chi connectivity index (χ3n) is 2.80. The Kier molecular flexibility index (Phi) is 4.94. The van der Waals surface area contributed by atoms with Crippen molar-refractivity contribution in [2.45, 2.75) is 6.61 Å². The number of hydrogen-bond donors (Lipinski definition) is 1. The van der Waals surface area contributed by atoms with Crippen molar-refractivity contribution in [1.29, 1.82) is 0 Å². The zero-order valence-corrected chi connectivity index (χ0v) is 12.6. The topological polar surface area (TPSA) is 55.8 Å². The van der Waals surface area contributed by atoms with E-state index in [4.69, 9.17) is 27.9 Å². The highest BCUT2D eigenvalue weighted by Gasteiger charge is 2.15. The molecule has 6 heteroatoms. The first-order chi connectivity index (χ1) is 10.0. The minimum atomic E-state index is -0.637. The lowest BCUT2D eigenvalue weighted by atomic mass is 10.2. The molecule has 0 aromatic heterocycles. The second kappa shape index (κ2) is 6.70. The van der Waals surface area contributed by atoms with Gasteiger partial charge in [0.05, 0.1) is 7.11 Å². The molecule has 21 heavy (non-hydrogen) atoms. The van der Waals surface area contributed by atoms with Crippen LogP contribution >= 0.6 is 23.2 Å². The number of phenols is 1. The van der Waals surface area contributed by atoms with Crippen LogP contribution in [0.4, 0.5) is 0 Å². The summed E-state index contributed by atoms with van der Waals surface area (Å²) in [6, 6.07) is 9.61. The summed E-state index contributed by atoms with van der Waals surface area (Å²) in [4.78, 5) is 11.5. The van der Waals surface area contributed by atoms with E-state index in [1.807, 2.05) is 0 Å². The molecule has 2 rings (SSSR count). The highest BCUT2D eigenvalue weighted by Crippen LogP contribution is 2.31. The number of carbonyl (C=O) groups excluding carboxylic acids is 1. The van der Waals surface area contributed by atoms with E-state index in [0.717, 1.165) is 0 Å². The van der Waals surface area contributed by atoms with Crippen LogP contribution in [-0.4, -0.2) is 18.2 Å². The smallest absolute Gasteiger partial charge is 0.341 e. The average molecular weight is 327 g/mol. The Balaban J connectivity index is 2.18. The maximum atomic E-state index is 11.5. The lowest BCUT2D eigenvalue weighted by molar-refractivity contribution is 0.0596. The van der Waals surface area contributed by atoms with Gasteiger partial charge in [-0.3, -0.25) is 0 Å². The molecule has 2 aromatic carbocycles. The van der Waals surface area contributed by atoms with E-state index in [1.54, 1.807) is 30.3 Å². The number of phenolic OH excluding ortho intramolecular Hbond substituents is 1. The van der Waals surface area contributed by atoms with E-state index in [1.165, 1.54) is 13.2 Å². The fraction of sp³-hybridized carbons (Fsp3) is 0.133. The SMILES string of the molecule is COC(=O)c1cccc(OCc2ccc(Cl)cc2Cl)c1O. The molecule has 0 bridgehead atoms. The standard InChI is InChI=1S/C15H12Cl2O4/c1-20-15(19)11-3-2-4-13(14(11)18)21-8-9-5-6-10(16)7-12(9)17/h2-7,18H,8H2,1H3. The molecule has 0 radical (unpaired) electrons. The van der Waals surface area contributed by atoms with Gasteiger partial charge in [-0.2, -0.15) is 0 Å². The van der Waals surface area contributed by atoms with Gasteiger partial charge in [0.1, 0.15) is 12.2 Å². The Hall–Kier alpha value is -1.91. The van der Waals surface area contributed by atoms with Crippen LogP contribution in [-0.2, 0) is 11.3 Å². The number of hydrogen-bond acceptors (Lipinski definition) is 4. The molecular formula is C15H12Cl2O4. The fourth-order valence-electron chi connectivity index (χ4n) is 1.71. The van der Waals surface area contributed by atoms with E-state index in [2.05, 4.69) is 4.74 Å². The molecule has 0 fully saturated rings. The zero-order chi connectivity index (χ0) is 15.4. The summed E-state index contributed by atoms with van der Waals surface area (Å²) in [7, 11) is 1.24. The molecule has 110 valence electrons. The number of aromatic hydroxyl groups is 1. The van der Waals surface area contributed by atoms with Crippen LogP contribution < -0.4 is 4.74 Å². The molecular weight excluding hydrogens is 315 g/mol. The predicted molar refractivity (Wildman–Crippen MR) is 80.2 cm³/mol. The van der Waals surface area contributed by atoms with Crippen molar-refractivity contribution in [2.75, 3.05) is 7.11 Å². The molecule has 0 amide bonds. The number of halogens is 2. The number of methoxy groups -OCH3 is 1. The van der Waals surface area contributed by atoms with Crippen LogP contribution in [0.2, 0.25) is 10.0 Å². The average Bonchev–Trinajstić information content (AvgIpc) is 2.47. The maximum absolute atomic E-state index is 11.5. The van der Waals surface area contributed by atoms with Gasteiger partial charge in [-0.15, -0.1) is 0 Å². The van der Waals surface area contributed by atoms with Crippen molar-refractivity contribution in [3.05, 3.63) is 57.6 Å². The first kappa shape index (κ1) is 15.5. The minimum Gasteiger partial charge on any atom is -0.504 e. The maximum Gasteiger partial charge on any atom is 0.341 e. The highest BCUT2D eigenvalue weighted by molar-refractivity contribution is 6.35. The van der Waals surface area contributed by atoms with Crippen LogP contribution in [0.25, 0.3) is 0 Å². The molecule has 4 nitrogen and oxygen atoms in total. The first-order valence-corrected chi connectivity index (χ1v) is 6.75. The minimum absolute atomic E-state index is 0.0391. The highest BCUT2D eigenvalue weighted by atomic mass is 35.5. The first-order valence-electron chi connectivity index (χ1n) is 6.00. The molecule has 0 aliphatic heterocycles. The summed E-state index contributed by atoms with van der Waals surface area (Å²) in [6.45, 7) is 0.133. The molecule has 1 N–H and O–H groups in total. The molecule has 2 aromatic rings. The lowest BCUT2D eigenvalue weighted by Gasteiger charge is -2.11. The van der Waals surface area contributed by atoms with Crippen LogP contribution in [0.15, 0.2) is 36.4 Å². The zero-order valence-electron chi connectivity index (χ0n) is 11.1. The molecule has 0 atom stereocenters. The van der Waals surface area contributed by atoms with Crippen LogP contribution in [0, 0.1) is 0 Å². The number of esters is 1. The Morgan fingerprint density at radius 1 is 1.24 bits per heavy atom. The van der Waals surface area contributed by atoms with Gasteiger partial charge in [0.25, 0.3) is 0 Å². The second-order valence-corrected chi connectivity index (χ2v) is 5.01. The molecule has 0 saturated heterocycles. The van der Waals surface area contributed by atoms with Crippen molar-refractivity contribution < 1.29 is 19.4 Å². The lowest BCUT2D eigenvalue weighted by Crippen LogP contribution is -2.03. The van der Waals surface area contributed by atoms with Crippen molar-refractivity contribution >= 4 is 29.2 Å². The van der Waals surface area contributed by atoms with E-state index in [-0.39, 0.29) is 23.7 Å². The Bertz CT molecular complexity index is 671. The van der Waals surface area contributed by atoms with Crippen molar-refractivity contribution in [3.8, 4) is 11.5 Å². The summed E-state index contributed by atoms with van der Waals surface area (Å²) in [5, 5.41) is 11.0.